The number of carbonyl (C=O) groups is 1. The second-order valence-electron chi connectivity index (χ2n) is 7.24. The first-order valence-electron chi connectivity index (χ1n) is 9.28. The summed E-state index contributed by atoms with van der Waals surface area (Å²) in [5.74, 6) is 0.401. The van der Waals surface area contributed by atoms with E-state index in [9.17, 15) is 9.59 Å². The number of carbonyl (C=O) groups excluding carboxylic acids is 1. The monoisotopic (exact) mass is 365 g/mol. The molecule has 7 nitrogen and oxygen atoms in total. The van der Waals surface area contributed by atoms with Crippen molar-refractivity contribution in [2.45, 2.75) is 33.2 Å². The normalized spacial score (nSPS) is 15.4. The van der Waals surface area contributed by atoms with Gasteiger partial charge in [0.15, 0.2) is 0 Å². The van der Waals surface area contributed by atoms with Gasteiger partial charge in [-0.25, -0.2) is 9.97 Å². The first kappa shape index (κ1) is 17.5. The van der Waals surface area contributed by atoms with Crippen LogP contribution in [0.3, 0.4) is 0 Å². The maximum absolute atomic E-state index is 13.1. The maximum Gasteiger partial charge on any atom is 0.272 e. The summed E-state index contributed by atoms with van der Waals surface area (Å²) in [4.78, 5) is 35.7. The average Bonchev–Trinajstić information content (AvgIpc) is 3.01. The third-order valence-corrected chi connectivity index (χ3v) is 5.34. The average molecular weight is 365 g/mol. The fourth-order valence-electron chi connectivity index (χ4n) is 3.81. The summed E-state index contributed by atoms with van der Waals surface area (Å²) in [7, 11) is 0. The first-order valence-corrected chi connectivity index (χ1v) is 9.28. The highest BCUT2D eigenvalue weighted by Gasteiger charge is 2.27. The lowest BCUT2D eigenvalue weighted by molar-refractivity contribution is 0.0674. The number of hydrogen-bond acceptors (Lipinski definition) is 4. The molecule has 27 heavy (non-hydrogen) atoms. The molecule has 0 radical (unpaired) electrons. The van der Waals surface area contributed by atoms with Gasteiger partial charge in [-0.1, -0.05) is 6.07 Å². The van der Waals surface area contributed by atoms with Crippen molar-refractivity contribution in [2.75, 3.05) is 13.1 Å². The van der Waals surface area contributed by atoms with Crippen molar-refractivity contribution >= 4 is 11.6 Å². The second kappa shape index (κ2) is 6.98. The number of hydrogen-bond donors (Lipinski definition) is 0. The molecule has 1 aliphatic heterocycles. The van der Waals surface area contributed by atoms with Crippen LogP contribution in [0.15, 0.2) is 41.7 Å². The molecular formula is C20H23N5O2. The van der Waals surface area contributed by atoms with Crippen LogP contribution in [-0.4, -0.2) is 42.8 Å². The summed E-state index contributed by atoms with van der Waals surface area (Å²) < 4.78 is 3.55. The van der Waals surface area contributed by atoms with Gasteiger partial charge in [-0.2, -0.15) is 0 Å². The van der Waals surface area contributed by atoms with Gasteiger partial charge in [-0.3, -0.25) is 18.6 Å². The number of rotatable bonds is 3. The van der Waals surface area contributed by atoms with Crippen LogP contribution >= 0.6 is 0 Å². The molecule has 1 aliphatic rings. The van der Waals surface area contributed by atoms with Crippen LogP contribution < -0.4 is 5.56 Å². The molecule has 4 heterocycles. The Hall–Kier alpha value is -2.96. The Bertz CT molecular complexity index is 1040. The van der Waals surface area contributed by atoms with Crippen molar-refractivity contribution in [2.24, 2.45) is 5.92 Å². The van der Waals surface area contributed by atoms with E-state index in [1.165, 1.54) is 0 Å². The van der Waals surface area contributed by atoms with Gasteiger partial charge in [0.25, 0.3) is 11.5 Å². The highest BCUT2D eigenvalue weighted by atomic mass is 16.2. The van der Waals surface area contributed by atoms with E-state index < -0.39 is 0 Å². The quantitative estimate of drug-likeness (QED) is 0.712. The SMILES string of the molecule is Cc1nc2ccccn2c1C(=O)N1CCC(Cn2cncc(C)c2=O)CC1. The predicted molar refractivity (Wildman–Crippen MR) is 102 cm³/mol. The van der Waals surface area contributed by atoms with Crippen LogP contribution in [0, 0.1) is 19.8 Å². The molecule has 1 amide bonds. The number of aromatic nitrogens is 4. The summed E-state index contributed by atoms with van der Waals surface area (Å²) in [6.07, 6.45) is 6.84. The topological polar surface area (TPSA) is 72.5 Å². The van der Waals surface area contributed by atoms with Gasteiger partial charge >= 0.3 is 0 Å². The minimum absolute atomic E-state index is 0.0184. The number of amides is 1. The highest BCUT2D eigenvalue weighted by Crippen LogP contribution is 2.22. The number of likely N-dealkylation sites (tertiary alicyclic amines) is 1. The van der Waals surface area contributed by atoms with Gasteiger partial charge in [0.1, 0.15) is 11.3 Å². The van der Waals surface area contributed by atoms with E-state index in [4.69, 9.17) is 0 Å². The summed E-state index contributed by atoms with van der Waals surface area (Å²) in [6, 6.07) is 5.73. The van der Waals surface area contributed by atoms with E-state index in [-0.39, 0.29) is 11.5 Å². The number of fused-ring (bicyclic) bond motifs is 1. The standard InChI is InChI=1S/C20H23N5O2/c1-14-11-21-13-24(19(14)26)12-16-6-9-23(10-7-16)20(27)18-15(2)22-17-5-3-4-8-25(17)18/h3-5,8,11,13,16H,6-7,9-10,12H2,1-2H3. The van der Waals surface area contributed by atoms with E-state index in [1.54, 1.807) is 24.0 Å². The van der Waals surface area contributed by atoms with E-state index in [2.05, 4.69) is 9.97 Å². The van der Waals surface area contributed by atoms with Crippen molar-refractivity contribution in [3.63, 3.8) is 0 Å². The largest absolute Gasteiger partial charge is 0.337 e. The van der Waals surface area contributed by atoms with Gasteiger partial charge in [0.2, 0.25) is 0 Å². The van der Waals surface area contributed by atoms with Crippen molar-refractivity contribution in [1.82, 2.24) is 23.8 Å². The summed E-state index contributed by atoms with van der Waals surface area (Å²) >= 11 is 0. The van der Waals surface area contributed by atoms with Crippen LogP contribution in [0.2, 0.25) is 0 Å². The molecule has 3 aromatic heterocycles. The molecule has 0 aromatic carbocycles. The Labute approximate surface area is 157 Å². The number of pyridine rings is 1. The van der Waals surface area contributed by atoms with E-state index >= 15 is 0 Å². The molecule has 140 valence electrons. The molecular weight excluding hydrogens is 342 g/mol. The van der Waals surface area contributed by atoms with Crippen LogP contribution in [-0.2, 0) is 6.54 Å². The lowest BCUT2D eigenvalue weighted by atomic mass is 9.96. The molecule has 0 saturated carbocycles. The fraction of sp³-hybridized carbons (Fsp3) is 0.400. The first-order chi connectivity index (χ1) is 13.0. The third kappa shape index (κ3) is 3.25. The Balaban J connectivity index is 1.46. The predicted octanol–water partition coefficient (Wildman–Crippen LogP) is 2.06. The molecule has 1 saturated heterocycles. The number of aryl methyl sites for hydroxylation is 2. The van der Waals surface area contributed by atoms with Gasteiger partial charge < -0.3 is 4.90 Å². The van der Waals surface area contributed by atoms with E-state index in [1.807, 2.05) is 40.6 Å². The van der Waals surface area contributed by atoms with Crippen LogP contribution in [0.1, 0.15) is 34.6 Å². The van der Waals surface area contributed by atoms with Crippen molar-refractivity contribution in [3.8, 4) is 0 Å². The molecule has 0 bridgehead atoms. The number of imidazole rings is 1. The zero-order valence-electron chi connectivity index (χ0n) is 15.6. The molecule has 0 spiro atoms. The highest BCUT2D eigenvalue weighted by molar-refractivity contribution is 5.94. The molecule has 0 unspecified atom stereocenters. The smallest absolute Gasteiger partial charge is 0.272 e. The molecule has 0 aliphatic carbocycles. The van der Waals surface area contributed by atoms with Gasteiger partial charge in [0.05, 0.1) is 12.0 Å². The van der Waals surface area contributed by atoms with Crippen molar-refractivity contribution < 1.29 is 4.79 Å². The van der Waals surface area contributed by atoms with Gasteiger partial charge in [-0.05, 0) is 44.7 Å². The molecule has 7 heteroatoms. The van der Waals surface area contributed by atoms with Crippen LogP contribution in [0.4, 0.5) is 0 Å². The Morgan fingerprint density at radius 2 is 2.00 bits per heavy atom. The minimum Gasteiger partial charge on any atom is -0.337 e. The molecule has 3 aromatic rings. The summed E-state index contributed by atoms with van der Waals surface area (Å²) in [5, 5.41) is 0. The number of piperidine rings is 1. The molecule has 0 N–H and O–H groups in total. The molecule has 4 rings (SSSR count). The lowest BCUT2D eigenvalue weighted by Crippen LogP contribution is -2.40. The van der Waals surface area contributed by atoms with E-state index in [0.29, 0.717) is 36.8 Å². The van der Waals surface area contributed by atoms with E-state index in [0.717, 1.165) is 24.2 Å². The molecule has 1 fully saturated rings. The Morgan fingerprint density at radius 3 is 2.78 bits per heavy atom. The lowest BCUT2D eigenvalue weighted by Gasteiger charge is -2.32. The van der Waals surface area contributed by atoms with Crippen LogP contribution in [0.5, 0.6) is 0 Å². The van der Waals surface area contributed by atoms with Gasteiger partial charge in [-0.15, -0.1) is 0 Å². The maximum atomic E-state index is 13.1. The minimum atomic E-state index is 0.0184. The Morgan fingerprint density at radius 1 is 1.22 bits per heavy atom. The van der Waals surface area contributed by atoms with Crippen molar-refractivity contribution in [1.29, 1.82) is 0 Å². The van der Waals surface area contributed by atoms with Crippen molar-refractivity contribution in [3.05, 3.63) is 64.2 Å². The second-order valence-corrected chi connectivity index (χ2v) is 7.24. The van der Waals surface area contributed by atoms with Crippen LogP contribution in [0.25, 0.3) is 5.65 Å². The summed E-state index contributed by atoms with van der Waals surface area (Å²) in [6.45, 7) is 5.70. The summed E-state index contributed by atoms with van der Waals surface area (Å²) in [5.41, 5.74) is 2.87. The fourth-order valence-corrected chi connectivity index (χ4v) is 3.81. The third-order valence-electron chi connectivity index (χ3n) is 5.34. The Kier molecular flexibility index (Phi) is 4.51. The van der Waals surface area contributed by atoms with Gasteiger partial charge in [0, 0.05) is 37.6 Å². The molecule has 0 atom stereocenters. The number of nitrogens with zero attached hydrogens (tertiary/aromatic N) is 5. The zero-order chi connectivity index (χ0) is 19.0. The zero-order valence-corrected chi connectivity index (χ0v) is 15.6.